The van der Waals surface area contributed by atoms with Gasteiger partial charge >= 0.3 is 6.36 Å². The molecule has 4 fully saturated rings. The second kappa shape index (κ2) is 8.68. The number of nitrogens with zero attached hydrogens (tertiary/aromatic N) is 1. The fraction of sp³-hybridized carbons (Fsp3) is 1.00. The van der Waals surface area contributed by atoms with Crippen molar-refractivity contribution in [3.05, 3.63) is 0 Å². The summed E-state index contributed by atoms with van der Waals surface area (Å²) in [4.78, 5) is 2.02. The molecule has 0 aromatic carbocycles. The lowest BCUT2D eigenvalue weighted by atomic mass is 9.78. The standard InChI is InChI=1S/C20H34F3N3O5/c1-10-13-7-8-26(17(13)25-9-24-10)18-15(28)19(2,29)16(30-18)14(27)11-3-5-12(6-4-11)31-20(21,22)23/h10-18,24-25,27-29H,3-9H2,1-2H3/t10?,11?,12?,13?,14-,15+,16-,17?,18-,19+/m1/s1. The minimum absolute atomic E-state index is 0.00227. The monoisotopic (exact) mass is 453 g/mol. The molecule has 3 saturated heterocycles. The first-order chi connectivity index (χ1) is 14.5. The molecule has 0 aromatic heterocycles. The van der Waals surface area contributed by atoms with Crippen molar-refractivity contribution in [1.82, 2.24) is 15.5 Å². The summed E-state index contributed by atoms with van der Waals surface area (Å²) in [6.45, 7) is 4.90. The van der Waals surface area contributed by atoms with Crippen molar-refractivity contribution in [3.8, 4) is 0 Å². The molecule has 3 aliphatic heterocycles. The van der Waals surface area contributed by atoms with Crippen LogP contribution in [0.4, 0.5) is 13.2 Å². The number of alkyl halides is 3. The van der Waals surface area contributed by atoms with Crippen LogP contribution in [0.15, 0.2) is 0 Å². The van der Waals surface area contributed by atoms with E-state index in [0.717, 1.165) is 6.42 Å². The van der Waals surface area contributed by atoms with Crippen molar-refractivity contribution < 1.29 is 38.0 Å². The highest BCUT2D eigenvalue weighted by molar-refractivity contribution is 5.07. The summed E-state index contributed by atoms with van der Waals surface area (Å²) in [6.07, 6.45) is -7.78. The molecule has 180 valence electrons. The van der Waals surface area contributed by atoms with Crippen LogP contribution in [-0.4, -0.2) is 88.2 Å². The van der Waals surface area contributed by atoms with Crippen LogP contribution < -0.4 is 10.6 Å². The number of hydrogen-bond acceptors (Lipinski definition) is 8. The molecule has 4 aliphatic rings. The lowest BCUT2D eigenvalue weighted by molar-refractivity contribution is -0.346. The van der Waals surface area contributed by atoms with E-state index < -0.39 is 42.6 Å². The Labute approximate surface area is 180 Å². The second-order valence-corrected chi connectivity index (χ2v) is 9.72. The third-order valence-electron chi connectivity index (χ3n) is 7.73. The van der Waals surface area contributed by atoms with Gasteiger partial charge in [-0.3, -0.25) is 15.0 Å². The van der Waals surface area contributed by atoms with Gasteiger partial charge in [-0.25, -0.2) is 0 Å². The summed E-state index contributed by atoms with van der Waals surface area (Å²) in [5.41, 5.74) is -1.68. The molecular weight excluding hydrogens is 419 g/mol. The van der Waals surface area contributed by atoms with Crippen LogP contribution in [0.3, 0.4) is 0 Å². The largest absolute Gasteiger partial charge is 0.522 e. The van der Waals surface area contributed by atoms with E-state index in [-0.39, 0.29) is 24.9 Å². The number of nitrogens with one attached hydrogen (secondary N) is 2. The van der Waals surface area contributed by atoms with Gasteiger partial charge in [-0.1, -0.05) is 0 Å². The summed E-state index contributed by atoms with van der Waals surface area (Å²) in [7, 11) is 0. The van der Waals surface area contributed by atoms with Gasteiger partial charge in [0.25, 0.3) is 0 Å². The maximum Gasteiger partial charge on any atom is 0.522 e. The molecule has 0 spiro atoms. The van der Waals surface area contributed by atoms with Crippen LogP contribution in [0.5, 0.6) is 0 Å². The Bertz CT molecular complexity index is 632. The fourth-order valence-corrected chi connectivity index (χ4v) is 5.88. The predicted molar refractivity (Wildman–Crippen MR) is 103 cm³/mol. The third-order valence-corrected chi connectivity index (χ3v) is 7.73. The van der Waals surface area contributed by atoms with Crippen LogP contribution in [0.1, 0.15) is 46.0 Å². The quantitative estimate of drug-likeness (QED) is 0.418. The van der Waals surface area contributed by atoms with Gasteiger partial charge < -0.3 is 25.4 Å². The lowest BCUT2D eigenvalue weighted by Gasteiger charge is -2.40. The van der Waals surface area contributed by atoms with E-state index >= 15 is 0 Å². The second-order valence-electron chi connectivity index (χ2n) is 9.72. The molecule has 0 aromatic rings. The summed E-state index contributed by atoms with van der Waals surface area (Å²) < 4.78 is 47.6. The molecule has 1 aliphatic carbocycles. The molecule has 3 heterocycles. The van der Waals surface area contributed by atoms with Gasteiger partial charge in [-0.15, -0.1) is 13.2 Å². The third kappa shape index (κ3) is 4.61. The number of rotatable bonds is 4. The number of hydrogen-bond donors (Lipinski definition) is 5. The highest BCUT2D eigenvalue weighted by Gasteiger charge is 2.59. The molecule has 0 bridgehead atoms. The SMILES string of the molecule is CC1NCNC2C1CCN2[C@@H]1O[C@H]([C@H](O)C2CCC(OC(F)(F)F)CC2)[C@@](C)(O)[C@H]1O. The first kappa shape index (κ1) is 23.6. The Balaban J connectivity index is 1.40. The smallest absolute Gasteiger partial charge is 0.390 e. The average molecular weight is 454 g/mol. The van der Waals surface area contributed by atoms with E-state index in [1.807, 2.05) is 4.90 Å². The molecule has 5 N–H and O–H groups in total. The van der Waals surface area contributed by atoms with Crippen LogP contribution in [0.25, 0.3) is 0 Å². The number of aliphatic hydroxyl groups is 3. The van der Waals surface area contributed by atoms with Crippen molar-refractivity contribution in [2.24, 2.45) is 11.8 Å². The molecule has 8 nitrogen and oxygen atoms in total. The van der Waals surface area contributed by atoms with Gasteiger partial charge in [-0.05, 0) is 51.9 Å². The van der Waals surface area contributed by atoms with Gasteiger partial charge in [0.1, 0.15) is 24.0 Å². The zero-order valence-electron chi connectivity index (χ0n) is 17.9. The molecule has 31 heavy (non-hydrogen) atoms. The van der Waals surface area contributed by atoms with Crippen LogP contribution in [-0.2, 0) is 9.47 Å². The molecule has 0 amide bonds. The van der Waals surface area contributed by atoms with Crippen molar-refractivity contribution >= 4 is 0 Å². The molecule has 8 atom stereocenters. The van der Waals surface area contributed by atoms with Gasteiger partial charge in [-0.2, -0.15) is 0 Å². The molecule has 4 rings (SSSR count). The summed E-state index contributed by atoms with van der Waals surface area (Å²) in [6, 6.07) is 0.311. The van der Waals surface area contributed by atoms with Crippen molar-refractivity contribution in [1.29, 1.82) is 0 Å². The minimum Gasteiger partial charge on any atom is -0.390 e. The van der Waals surface area contributed by atoms with E-state index in [2.05, 4.69) is 22.3 Å². The molecule has 0 radical (unpaired) electrons. The van der Waals surface area contributed by atoms with Crippen LogP contribution in [0.2, 0.25) is 0 Å². The summed E-state index contributed by atoms with van der Waals surface area (Å²) >= 11 is 0. The highest BCUT2D eigenvalue weighted by atomic mass is 19.4. The van der Waals surface area contributed by atoms with Crippen molar-refractivity contribution in [2.75, 3.05) is 13.2 Å². The Kier molecular flexibility index (Phi) is 6.61. The van der Waals surface area contributed by atoms with Gasteiger partial charge in [0, 0.05) is 25.2 Å². The Morgan fingerprint density at radius 3 is 2.48 bits per heavy atom. The average Bonchev–Trinajstić information content (AvgIpc) is 3.21. The predicted octanol–water partition coefficient (Wildman–Crippen LogP) is 0.466. The van der Waals surface area contributed by atoms with E-state index in [0.29, 0.717) is 38.0 Å². The van der Waals surface area contributed by atoms with Gasteiger partial charge in [0.15, 0.2) is 0 Å². The normalized spacial score (nSPS) is 48.0. The number of aliphatic hydroxyl groups excluding tert-OH is 2. The molecule has 1 saturated carbocycles. The minimum atomic E-state index is -4.67. The van der Waals surface area contributed by atoms with Crippen molar-refractivity contribution in [3.63, 3.8) is 0 Å². The first-order valence-corrected chi connectivity index (χ1v) is 11.2. The Morgan fingerprint density at radius 2 is 1.84 bits per heavy atom. The summed E-state index contributed by atoms with van der Waals surface area (Å²) in [5, 5.41) is 39.7. The molecular formula is C20H34F3N3O5. The number of fused-ring (bicyclic) bond motifs is 1. The fourth-order valence-electron chi connectivity index (χ4n) is 5.88. The maximum atomic E-state index is 12.5. The van der Waals surface area contributed by atoms with E-state index in [9.17, 15) is 28.5 Å². The number of ether oxygens (including phenoxy) is 2. The lowest BCUT2D eigenvalue weighted by Crippen LogP contribution is -2.62. The van der Waals surface area contributed by atoms with Crippen molar-refractivity contribution in [2.45, 2.75) is 101 Å². The maximum absolute atomic E-state index is 12.5. The zero-order valence-corrected chi connectivity index (χ0v) is 17.9. The highest BCUT2D eigenvalue weighted by Crippen LogP contribution is 2.42. The molecule has 11 heteroatoms. The van der Waals surface area contributed by atoms with E-state index in [4.69, 9.17) is 4.74 Å². The first-order valence-electron chi connectivity index (χ1n) is 11.2. The Morgan fingerprint density at radius 1 is 1.16 bits per heavy atom. The van der Waals surface area contributed by atoms with E-state index in [1.54, 1.807) is 0 Å². The topological polar surface area (TPSA) is 106 Å². The number of likely N-dealkylation sites (tertiary alicyclic amines) is 1. The Hall–Kier alpha value is -0.530. The van der Waals surface area contributed by atoms with Crippen LogP contribution in [0, 0.1) is 11.8 Å². The van der Waals surface area contributed by atoms with E-state index in [1.165, 1.54) is 6.92 Å². The molecule has 3 unspecified atom stereocenters. The summed E-state index contributed by atoms with van der Waals surface area (Å²) in [5.74, 6) is 0.00115. The number of halogens is 3. The van der Waals surface area contributed by atoms with Gasteiger partial charge in [0.05, 0.1) is 18.4 Å². The zero-order chi connectivity index (χ0) is 22.6. The van der Waals surface area contributed by atoms with Gasteiger partial charge in [0.2, 0.25) is 0 Å². The van der Waals surface area contributed by atoms with Crippen LogP contribution >= 0.6 is 0 Å².